The Balaban J connectivity index is 1.64. The highest BCUT2D eigenvalue weighted by Crippen LogP contribution is 2.40. The fourth-order valence-electron chi connectivity index (χ4n) is 4.14. The highest BCUT2D eigenvalue weighted by molar-refractivity contribution is 5.68. The third kappa shape index (κ3) is 3.70. The van der Waals surface area contributed by atoms with Gasteiger partial charge in [-0.1, -0.05) is 0 Å². The minimum Gasteiger partial charge on any atom is -0.444 e. The lowest BCUT2D eigenvalue weighted by atomic mass is 9.70. The Hall–Kier alpha value is -0.850. The molecule has 6 heteroatoms. The number of hydrogen-bond donors (Lipinski definition) is 2. The first-order valence-corrected chi connectivity index (χ1v) is 9.35. The molecule has 1 amide bonds. The zero-order chi connectivity index (χ0) is 17.6. The van der Waals surface area contributed by atoms with Gasteiger partial charge in [-0.15, -0.1) is 0 Å². The molecule has 1 aliphatic carbocycles. The lowest BCUT2D eigenvalue weighted by Gasteiger charge is -2.52. The van der Waals surface area contributed by atoms with Gasteiger partial charge < -0.3 is 25.4 Å². The molecule has 0 aromatic carbocycles. The Morgan fingerprint density at radius 1 is 1.17 bits per heavy atom. The van der Waals surface area contributed by atoms with E-state index < -0.39 is 16.7 Å². The first-order valence-electron chi connectivity index (χ1n) is 9.35. The third-order valence-electron chi connectivity index (χ3n) is 5.79. The van der Waals surface area contributed by atoms with Gasteiger partial charge in [0.2, 0.25) is 0 Å². The Labute approximate surface area is 145 Å². The van der Waals surface area contributed by atoms with Crippen LogP contribution in [-0.4, -0.2) is 70.0 Å². The van der Waals surface area contributed by atoms with E-state index in [2.05, 4.69) is 4.90 Å². The van der Waals surface area contributed by atoms with Crippen molar-refractivity contribution in [3.8, 4) is 0 Å². The summed E-state index contributed by atoms with van der Waals surface area (Å²) in [7, 11) is 0. The molecule has 6 nitrogen and oxygen atoms in total. The van der Waals surface area contributed by atoms with Crippen LogP contribution in [0.2, 0.25) is 0 Å². The van der Waals surface area contributed by atoms with Gasteiger partial charge in [-0.05, 0) is 59.3 Å². The Kier molecular flexibility index (Phi) is 4.60. The van der Waals surface area contributed by atoms with Crippen molar-refractivity contribution >= 4 is 6.09 Å². The van der Waals surface area contributed by atoms with Crippen LogP contribution in [0.3, 0.4) is 0 Å². The van der Waals surface area contributed by atoms with Crippen molar-refractivity contribution < 1.29 is 14.6 Å². The molecule has 3 fully saturated rings. The zero-order valence-corrected chi connectivity index (χ0v) is 15.4. The number of likely N-dealkylation sites (tertiary alicyclic amines) is 2. The predicted octanol–water partition coefficient (Wildman–Crippen LogP) is 1.70. The molecule has 0 aromatic rings. The Bertz CT molecular complexity index is 478. The van der Waals surface area contributed by atoms with Crippen molar-refractivity contribution in [2.45, 2.75) is 82.1 Å². The van der Waals surface area contributed by atoms with Gasteiger partial charge in [-0.3, -0.25) is 0 Å². The first-order chi connectivity index (χ1) is 11.1. The van der Waals surface area contributed by atoms with Crippen LogP contribution in [0.1, 0.15) is 59.3 Å². The third-order valence-corrected chi connectivity index (χ3v) is 5.79. The smallest absolute Gasteiger partial charge is 0.410 e. The summed E-state index contributed by atoms with van der Waals surface area (Å²) in [5.74, 6) is 0. The van der Waals surface area contributed by atoms with E-state index in [1.165, 1.54) is 12.8 Å². The summed E-state index contributed by atoms with van der Waals surface area (Å²) in [6.07, 6.45) is 5.22. The van der Waals surface area contributed by atoms with Crippen LogP contribution < -0.4 is 5.73 Å². The van der Waals surface area contributed by atoms with Crippen LogP contribution in [0, 0.1) is 0 Å². The summed E-state index contributed by atoms with van der Waals surface area (Å²) in [5.41, 5.74) is 4.54. The van der Waals surface area contributed by atoms with Crippen LogP contribution in [0.15, 0.2) is 0 Å². The number of carbonyl (C=O) groups excluding carboxylic acids is 1. The summed E-state index contributed by atoms with van der Waals surface area (Å²) >= 11 is 0. The second-order valence-corrected chi connectivity index (χ2v) is 8.96. The maximum Gasteiger partial charge on any atom is 0.410 e. The van der Waals surface area contributed by atoms with Crippen molar-refractivity contribution in [1.29, 1.82) is 0 Å². The predicted molar refractivity (Wildman–Crippen MR) is 92.7 cm³/mol. The highest BCUT2D eigenvalue weighted by atomic mass is 16.6. The minimum absolute atomic E-state index is 0.323. The van der Waals surface area contributed by atoms with E-state index in [1.807, 2.05) is 20.8 Å². The van der Waals surface area contributed by atoms with Gasteiger partial charge in [-0.25, -0.2) is 4.79 Å². The largest absolute Gasteiger partial charge is 0.444 e. The second kappa shape index (κ2) is 6.15. The summed E-state index contributed by atoms with van der Waals surface area (Å²) in [6.45, 7) is 8.45. The molecule has 1 saturated carbocycles. The van der Waals surface area contributed by atoms with Crippen LogP contribution in [0.4, 0.5) is 4.79 Å². The highest BCUT2D eigenvalue weighted by Gasteiger charge is 2.52. The van der Waals surface area contributed by atoms with Gasteiger partial charge in [0.15, 0.2) is 0 Å². The molecule has 0 radical (unpaired) electrons. The molecule has 2 saturated heterocycles. The van der Waals surface area contributed by atoms with Gasteiger partial charge in [0, 0.05) is 32.2 Å². The number of hydrogen-bond acceptors (Lipinski definition) is 5. The van der Waals surface area contributed by atoms with E-state index in [-0.39, 0.29) is 6.09 Å². The van der Waals surface area contributed by atoms with Crippen molar-refractivity contribution in [2.24, 2.45) is 5.73 Å². The summed E-state index contributed by atoms with van der Waals surface area (Å²) in [5, 5.41) is 11.3. The van der Waals surface area contributed by atoms with Gasteiger partial charge in [0.1, 0.15) is 5.60 Å². The van der Waals surface area contributed by atoms with E-state index in [0.717, 1.165) is 32.0 Å². The first kappa shape index (κ1) is 18.0. The number of piperidine rings is 2. The lowest BCUT2D eigenvalue weighted by Crippen LogP contribution is -2.70. The molecular formula is C18H33N3O3. The molecule has 24 heavy (non-hydrogen) atoms. The van der Waals surface area contributed by atoms with Crippen molar-refractivity contribution in [2.75, 3.05) is 26.2 Å². The van der Waals surface area contributed by atoms with Gasteiger partial charge in [0.05, 0.1) is 11.1 Å². The van der Waals surface area contributed by atoms with E-state index >= 15 is 0 Å². The normalized spacial score (nSPS) is 31.8. The second-order valence-electron chi connectivity index (χ2n) is 8.96. The fourth-order valence-corrected chi connectivity index (χ4v) is 4.14. The molecular weight excluding hydrogens is 306 g/mol. The Morgan fingerprint density at radius 2 is 1.79 bits per heavy atom. The molecule has 0 spiro atoms. The number of amides is 1. The SMILES string of the molecule is CC(C)(C)OC(=O)N1CCCC(N)(C2(O)CCN(C3CC3)CC2)C1. The van der Waals surface area contributed by atoms with Crippen molar-refractivity contribution in [3.05, 3.63) is 0 Å². The number of ether oxygens (including phenoxy) is 1. The van der Waals surface area contributed by atoms with Crippen LogP contribution >= 0.6 is 0 Å². The van der Waals surface area contributed by atoms with E-state index in [0.29, 0.717) is 25.9 Å². The van der Waals surface area contributed by atoms with E-state index in [4.69, 9.17) is 10.5 Å². The quantitative estimate of drug-likeness (QED) is 0.800. The topological polar surface area (TPSA) is 79.0 Å². The van der Waals surface area contributed by atoms with Crippen molar-refractivity contribution in [3.63, 3.8) is 0 Å². The Morgan fingerprint density at radius 3 is 2.33 bits per heavy atom. The standard InChI is InChI=1S/C18H33N3O3/c1-16(2,3)24-15(22)21-10-4-7-17(19,13-21)18(23)8-11-20(12-9-18)14-5-6-14/h14,23H,4-13,19H2,1-3H3. The monoisotopic (exact) mass is 339 g/mol. The summed E-state index contributed by atoms with van der Waals surface area (Å²) < 4.78 is 5.49. The molecule has 0 bridgehead atoms. The van der Waals surface area contributed by atoms with Gasteiger partial charge in [-0.2, -0.15) is 0 Å². The molecule has 3 rings (SSSR count). The molecule has 3 N–H and O–H groups in total. The number of carbonyl (C=O) groups is 1. The van der Waals surface area contributed by atoms with E-state index in [1.54, 1.807) is 4.90 Å². The number of aliphatic hydroxyl groups is 1. The fraction of sp³-hybridized carbons (Fsp3) is 0.944. The lowest BCUT2D eigenvalue weighted by molar-refractivity contribution is -0.102. The molecule has 1 atom stereocenters. The minimum atomic E-state index is -0.890. The number of nitrogens with zero attached hydrogens (tertiary/aromatic N) is 2. The molecule has 0 aromatic heterocycles. The molecule has 3 aliphatic rings. The average molecular weight is 339 g/mol. The van der Waals surface area contributed by atoms with Crippen LogP contribution in [0.25, 0.3) is 0 Å². The molecule has 1 unspecified atom stereocenters. The molecule has 138 valence electrons. The maximum atomic E-state index is 12.4. The number of nitrogens with two attached hydrogens (primary N) is 1. The van der Waals surface area contributed by atoms with Gasteiger partial charge >= 0.3 is 6.09 Å². The zero-order valence-electron chi connectivity index (χ0n) is 15.4. The van der Waals surface area contributed by atoms with Crippen LogP contribution in [0.5, 0.6) is 0 Å². The summed E-state index contributed by atoms with van der Waals surface area (Å²) in [6, 6.07) is 0.730. The molecule has 2 heterocycles. The van der Waals surface area contributed by atoms with Crippen molar-refractivity contribution in [1.82, 2.24) is 9.80 Å². The maximum absolute atomic E-state index is 12.4. The van der Waals surface area contributed by atoms with Crippen LogP contribution in [-0.2, 0) is 4.74 Å². The van der Waals surface area contributed by atoms with E-state index in [9.17, 15) is 9.90 Å². The molecule has 2 aliphatic heterocycles. The average Bonchev–Trinajstić information content (AvgIpc) is 3.31. The number of rotatable bonds is 2. The summed E-state index contributed by atoms with van der Waals surface area (Å²) in [4.78, 5) is 16.6. The van der Waals surface area contributed by atoms with Gasteiger partial charge in [0.25, 0.3) is 0 Å².